The third-order valence-corrected chi connectivity index (χ3v) is 7.63. The second-order valence-corrected chi connectivity index (χ2v) is 9.52. The van der Waals surface area contributed by atoms with E-state index in [2.05, 4.69) is 0 Å². The lowest BCUT2D eigenvalue weighted by Crippen LogP contribution is -2.44. The molecule has 1 spiro atoms. The summed E-state index contributed by atoms with van der Waals surface area (Å²) in [6, 6.07) is 10.3. The van der Waals surface area contributed by atoms with E-state index in [1.165, 1.54) is 0 Å². The summed E-state index contributed by atoms with van der Waals surface area (Å²) in [5, 5.41) is 9.15. The molecule has 1 amide bonds. The summed E-state index contributed by atoms with van der Waals surface area (Å²) in [6.45, 7) is 3.97. The van der Waals surface area contributed by atoms with Crippen LogP contribution in [-0.2, 0) is 9.53 Å². The van der Waals surface area contributed by atoms with Gasteiger partial charge < -0.3 is 14.7 Å². The summed E-state index contributed by atoms with van der Waals surface area (Å²) in [5.74, 6) is -0.853. The largest absolute Gasteiger partial charge is 0.478 e. The van der Waals surface area contributed by atoms with Gasteiger partial charge in [-0.15, -0.1) is 0 Å². The maximum absolute atomic E-state index is 15.1. The van der Waals surface area contributed by atoms with Gasteiger partial charge in [-0.1, -0.05) is 18.2 Å². The first-order valence-electron chi connectivity index (χ1n) is 11.4. The molecule has 1 aliphatic carbocycles. The second-order valence-electron chi connectivity index (χ2n) is 9.52. The van der Waals surface area contributed by atoms with Crippen molar-refractivity contribution in [3.05, 3.63) is 58.9 Å². The number of halogens is 1. The Labute approximate surface area is 187 Å². The maximum atomic E-state index is 15.1. The standard InChI is InChI=1S/C26H28FNO4/c1-16-13-18(25(30)31)5-6-19(16)17-4-7-20(22(27)14-17)21-15-26(21)8-10-28(11-9-26)24(29)23-3-2-12-32-23/h4-7,13-14,21,23H,2-3,8-12,15H2,1H3,(H,30,31)/t21-,23-/m1/s1. The van der Waals surface area contributed by atoms with Crippen LogP contribution in [0.3, 0.4) is 0 Å². The van der Waals surface area contributed by atoms with E-state index in [9.17, 15) is 9.59 Å². The van der Waals surface area contributed by atoms with E-state index in [4.69, 9.17) is 9.84 Å². The van der Waals surface area contributed by atoms with E-state index < -0.39 is 5.97 Å². The molecule has 2 heterocycles. The molecular weight excluding hydrogens is 409 g/mol. The van der Waals surface area contributed by atoms with E-state index >= 15 is 4.39 Å². The Hall–Kier alpha value is -2.73. The van der Waals surface area contributed by atoms with Gasteiger partial charge in [0.15, 0.2) is 0 Å². The number of aryl methyl sites for hydroxylation is 1. The van der Waals surface area contributed by atoms with Crippen molar-refractivity contribution in [3.8, 4) is 11.1 Å². The number of benzene rings is 2. The van der Waals surface area contributed by atoms with Crippen LogP contribution in [-0.4, -0.2) is 47.7 Å². The number of amides is 1. The number of hydrogen-bond acceptors (Lipinski definition) is 3. The van der Waals surface area contributed by atoms with E-state index in [1.54, 1.807) is 24.3 Å². The van der Waals surface area contributed by atoms with Gasteiger partial charge in [0.25, 0.3) is 5.91 Å². The van der Waals surface area contributed by atoms with E-state index in [0.717, 1.165) is 67.4 Å². The number of nitrogens with zero attached hydrogens (tertiary/aromatic N) is 1. The summed E-state index contributed by atoms with van der Waals surface area (Å²) >= 11 is 0. The molecule has 0 bridgehead atoms. The molecule has 3 aliphatic rings. The molecule has 0 radical (unpaired) electrons. The quantitative estimate of drug-likeness (QED) is 0.748. The molecule has 3 fully saturated rings. The zero-order valence-corrected chi connectivity index (χ0v) is 18.3. The molecule has 2 saturated heterocycles. The number of carboxylic acids is 1. The third kappa shape index (κ3) is 3.71. The Kier molecular flexibility index (Phi) is 5.28. The predicted molar refractivity (Wildman–Crippen MR) is 118 cm³/mol. The minimum atomic E-state index is -0.969. The third-order valence-electron chi connectivity index (χ3n) is 7.63. The van der Waals surface area contributed by atoms with E-state index in [1.807, 2.05) is 24.0 Å². The van der Waals surface area contributed by atoms with E-state index in [0.29, 0.717) is 6.61 Å². The normalized spacial score (nSPS) is 24.0. The highest BCUT2D eigenvalue weighted by atomic mass is 19.1. The van der Waals surface area contributed by atoms with Crippen molar-refractivity contribution in [2.75, 3.05) is 19.7 Å². The molecule has 1 N–H and O–H groups in total. The van der Waals surface area contributed by atoms with Crippen molar-refractivity contribution in [3.63, 3.8) is 0 Å². The highest BCUT2D eigenvalue weighted by molar-refractivity contribution is 5.89. The minimum absolute atomic E-state index is 0.106. The molecule has 168 valence electrons. The van der Waals surface area contributed by atoms with Gasteiger partial charge in [-0.25, -0.2) is 9.18 Å². The van der Waals surface area contributed by atoms with Gasteiger partial charge in [-0.2, -0.15) is 0 Å². The van der Waals surface area contributed by atoms with Crippen molar-refractivity contribution < 1.29 is 23.8 Å². The molecule has 2 aliphatic heterocycles. The van der Waals surface area contributed by atoms with Crippen LogP contribution in [0, 0.1) is 18.2 Å². The number of piperidine rings is 1. The number of carboxylic acid groups (broad SMARTS) is 1. The van der Waals surface area contributed by atoms with Crippen LogP contribution in [0.4, 0.5) is 4.39 Å². The average molecular weight is 438 g/mol. The van der Waals surface area contributed by atoms with Crippen molar-refractivity contribution >= 4 is 11.9 Å². The first-order chi connectivity index (χ1) is 15.4. The Morgan fingerprint density at radius 1 is 1.16 bits per heavy atom. The summed E-state index contributed by atoms with van der Waals surface area (Å²) in [6.07, 6.45) is 4.29. The van der Waals surface area contributed by atoms with Crippen LogP contribution in [0.2, 0.25) is 0 Å². The Bertz CT molecular complexity index is 1070. The number of likely N-dealkylation sites (tertiary alicyclic amines) is 1. The van der Waals surface area contributed by atoms with Crippen LogP contribution in [0.25, 0.3) is 11.1 Å². The first-order valence-corrected chi connectivity index (χ1v) is 11.4. The van der Waals surface area contributed by atoms with Gasteiger partial charge in [0.05, 0.1) is 5.56 Å². The summed E-state index contributed by atoms with van der Waals surface area (Å²) in [7, 11) is 0. The van der Waals surface area contributed by atoms with E-state index in [-0.39, 0.29) is 34.7 Å². The number of carbonyl (C=O) groups excluding carboxylic acids is 1. The van der Waals surface area contributed by atoms with Crippen molar-refractivity contribution in [2.45, 2.75) is 51.0 Å². The van der Waals surface area contributed by atoms with Gasteiger partial charge in [0.1, 0.15) is 11.9 Å². The van der Waals surface area contributed by atoms with Crippen LogP contribution >= 0.6 is 0 Å². The van der Waals surface area contributed by atoms with Crippen LogP contribution in [0.15, 0.2) is 36.4 Å². The first kappa shape index (κ1) is 21.1. The van der Waals surface area contributed by atoms with Crippen molar-refractivity contribution in [1.82, 2.24) is 4.90 Å². The zero-order chi connectivity index (χ0) is 22.5. The molecule has 32 heavy (non-hydrogen) atoms. The lowest BCUT2D eigenvalue weighted by molar-refractivity contribution is -0.142. The average Bonchev–Trinajstić information content (AvgIpc) is 3.20. The van der Waals surface area contributed by atoms with Gasteiger partial charge in [-0.05, 0) is 90.8 Å². The minimum Gasteiger partial charge on any atom is -0.478 e. The molecule has 6 heteroatoms. The predicted octanol–water partition coefficient (Wildman–Crippen LogP) is 4.77. The number of ether oxygens (including phenoxy) is 1. The van der Waals surface area contributed by atoms with Crippen molar-refractivity contribution in [1.29, 1.82) is 0 Å². The molecule has 0 unspecified atom stereocenters. The summed E-state index contributed by atoms with van der Waals surface area (Å²) < 4.78 is 20.7. The Morgan fingerprint density at radius 2 is 1.94 bits per heavy atom. The molecule has 5 nitrogen and oxygen atoms in total. The lowest BCUT2D eigenvalue weighted by Gasteiger charge is -2.34. The fraction of sp³-hybridized carbons (Fsp3) is 0.462. The number of rotatable bonds is 4. The van der Waals surface area contributed by atoms with Crippen LogP contribution in [0.1, 0.15) is 59.5 Å². The molecule has 0 aromatic heterocycles. The Morgan fingerprint density at radius 3 is 2.56 bits per heavy atom. The summed E-state index contributed by atoms with van der Waals surface area (Å²) in [5.41, 5.74) is 3.50. The number of aromatic carboxylic acids is 1. The molecule has 2 aromatic carbocycles. The highest BCUT2D eigenvalue weighted by Gasteiger charge is 2.56. The highest BCUT2D eigenvalue weighted by Crippen LogP contribution is 2.65. The maximum Gasteiger partial charge on any atom is 0.335 e. The smallest absolute Gasteiger partial charge is 0.335 e. The number of carbonyl (C=O) groups is 2. The van der Waals surface area contributed by atoms with Gasteiger partial charge in [0, 0.05) is 19.7 Å². The monoisotopic (exact) mass is 437 g/mol. The summed E-state index contributed by atoms with van der Waals surface area (Å²) in [4.78, 5) is 25.7. The van der Waals surface area contributed by atoms with Gasteiger partial charge >= 0.3 is 5.97 Å². The molecule has 1 saturated carbocycles. The Balaban J connectivity index is 1.27. The van der Waals surface area contributed by atoms with Gasteiger partial charge in [-0.3, -0.25) is 4.79 Å². The molecule has 5 rings (SSSR count). The second kappa shape index (κ2) is 8.00. The topological polar surface area (TPSA) is 66.8 Å². The SMILES string of the molecule is Cc1cc(C(=O)O)ccc1-c1ccc([C@H]2CC23CCN(C(=O)[C@H]2CCCO2)CC3)c(F)c1. The van der Waals surface area contributed by atoms with Crippen LogP contribution < -0.4 is 0 Å². The number of hydrogen-bond donors (Lipinski definition) is 1. The zero-order valence-electron chi connectivity index (χ0n) is 18.3. The fourth-order valence-electron chi connectivity index (χ4n) is 5.59. The van der Waals surface area contributed by atoms with Gasteiger partial charge in [0.2, 0.25) is 0 Å². The molecule has 2 aromatic rings. The fourth-order valence-corrected chi connectivity index (χ4v) is 5.59. The molecule has 2 atom stereocenters. The van der Waals surface area contributed by atoms with Crippen LogP contribution in [0.5, 0.6) is 0 Å². The van der Waals surface area contributed by atoms with Crippen molar-refractivity contribution in [2.24, 2.45) is 5.41 Å². The lowest BCUT2D eigenvalue weighted by atomic mass is 9.87. The molecular formula is C26H28FNO4.